The highest BCUT2D eigenvalue weighted by molar-refractivity contribution is 6.35. The molecule has 0 amide bonds. The number of halogens is 3. The first-order valence-corrected chi connectivity index (χ1v) is 8.21. The van der Waals surface area contributed by atoms with Crippen LogP contribution in [0.4, 0.5) is 0 Å². The first-order valence-electron chi connectivity index (χ1n) is 7.07. The van der Waals surface area contributed by atoms with Crippen LogP contribution in [0.1, 0.15) is 10.4 Å². The molecule has 0 fully saturated rings. The molecule has 0 aliphatic carbocycles. The van der Waals surface area contributed by atoms with Crippen LogP contribution in [0.2, 0.25) is 15.1 Å². The molecule has 2 aromatic carbocycles. The molecular weight excluding hydrogens is 385 g/mol. The van der Waals surface area contributed by atoms with Gasteiger partial charge in [0.1, 0.15) is 5.75 Å². The maximum Gasteiger partial charge on any atom is 0.345 e. The van der Waals surface area contributed by atoms with Crippen molar-refractivity contribution < 1.29 is 14.3 Å². The zero-order valence-corrected chi connectivity index (χ0v) is 14.8. The van der Waals surface area contributed by atoms with E-state index < -0.39 is 5.97 Å². The van der Waals surface area contributed by atoms with Gasteiger partial charge in [-0.3, -0.25) is 4.98 Å². The Morgan fingerprint density at radius 2 is 1.60 bits per heavy atom. The average molecular weight is 395 g/mol. The summed E-state index contributed by atoms with van der Waals surface area (Å²) in [6.45, 7) is 0. The number of hydrogen-bond donors (Lipinski definition) is 0. The second-order valence-electron chi connectivity index (χ2n) is 4.90. The Morgan fingerprint density at radius 1 is 0.880 bits per heavy atom. The van der Waals surface area contributed by atoms with Crippen molar-refractivity contribution in [1.29, 1.82) is 0 Å². The van der Waals surface area contributed by atoms with Crippen molar-refractivity contribution in [2.45, 2.75) is 0 Å². The Bertz CT molecular complexity index is 917. The number of ether oxygens (including phenoxy) is 2. The molecule has 0 saturated carbocycles. The third kappa shape index (κ3) is 4.42. The Labute approximate surface area is 158 Å². The summed E-state index contributed by atoms with van der Waals surface area (Å²) in [6.07, 6.45) is 2.97. The van der Waals surface area contributed by atoms with Gasteiger partial charge in [-0.2, -0.15) is 0 Å². The molecule has 0 atom stereocenters. The van der Waals surface area contributed by atoms with E-state index in [1.54, 1.807) is 48.7 Å². The van der Waals surface area contributed by atoms with Gasteiger partial charge in [-0.25, -0.2) is 4.79 Å². The molecule has 3 aromatic rings. The topological polar surface area (TPSA) is 48.4 Å². The van der Waals surface area contributed by atoms with E-state index in [0.717, 1.165) is 0 Å². The standard InChI is InChI=1S/C18H10Cl3NO3/c19-12-3-5-15(14(21)8-12)24-16-6-4-13(20)9-17(16)25-18(23)11-2-1-7-22-10-11/h1-10H. The number of carbonyl (C=O) groups is 1. The lowest BCUT2D eigenvalue weighted by molar-refractivity contribution is 0.0730. The van der Waals surface area contributed by atoms with Crippen LogP contribution in [0.25, 0.3) is 0 Å². The molecule has 0 bridgehead atoms. The van der Waals surface area contributed by atoms with Gasteiger partial charge in [-0.15, -0.1) is 0 Å². The van der Waals surface area contributed by atoms with Crippen LogP contribution in [0, 0.1) is 0 Å². The Balaban J connectivity index is 1.89. The molecule has 0 unspecified atom stereocenters. The van der Waals surface area contributed by atoms with E-state index in [9.17, 15) is 4.79 Å². The van der Waals surface area contributed by atoms with E-state index in [0.29, 0.717) is 26.4 Å². The third-order valence-electron chi connectivity index (χ3n) is 3.12. The summed E-state index contributed by atoms with van der Waals surface area (Å²) < 4.78 is 11.1. The zero-order chi connectivity index (χ0) is 17.8. The quantitative estimate of drug-likeness (QED) is 0.399. The summed E-state index contributed by atoms with van der Waals surface area (Å²) in [4.78, 5) is 16.1. The van der Waals surface area contributed by atoms with E-state index in [1.165, 1.54) is 12.3 Å². The number of aromatic nitrogens is 1. The van der Waals surface area contributed by atoms with Crippen LogP contribution in [0.3, 0.4) is 0 Å². The molecule has 0 aliphatic rings. The number of pyridine rings is 1. The van der Waals surface area contributed by atoms with Crippen LogP contribution < -0.4 is 9.47 Å². The zero-order valence-electron chi connectivity index (χ0n) is 12.6. The van der Waals surface area contributed by atoms with Crippen molar-refractivity contribution in [3.05, 3.63) is 81.6 Å². The van der Waals surface area contributed by atoms with Gasteiger partial charge < -0.3 is 9.47 Å². The number of nitrogens with zero attached hydrogens (tertiary/aromatic N) is 1. The van der Waals surface area contributed by atoms with E-state index in [2.05, 4.69) is 4.98 Å². The van der Waals surface area contributed by atoms with E-state index in [1.807, 2.05) is 0 Å². The van der Waals surface area contributed by atoms with Gasteiger partial charge in [0.25, 0.3) is 0 Å². The maximum atomic E-state index is 12.2. The minimum Gasteiger partial charge on any atom is -0.452 e. The van der Waals surface area contributed by atoms with Crippen molar-refractivity contribution in [3.8, 4) is 17.2 Å². The monoisotopic (exact) mass is 393 g/mol. The number of hydrogen-bond acceptors (Lipinski definition) is 4. The van der Waals surface area contributed by atoms with Crippen LogP contribution >= 0.6 is 34.8 Å². The lowest BCUT2D eigenvalue weighted by Crippen LogP contribution is -2.09. The highest BCUT2D eigenvalue weighted by Gasteiger charge is 2.15. The Hall–Kier alpha value is -2.27. The molecule has 25 heavy (non-hydrogen) atoms. The molecule has 0 radical (unpaired) electrons. The summed E-state index contributed by atoms with van der Waals surface area (Å²) in [5.41, 5.74) is 0.304. The molecule has 7 heteroatoms. The minimum atomic E-state index is -0.581. The van der Waals surface area contributed by atoms with Crippen molar-refractivity contribution in [2.75, 3.05) is 0 Å². The Morgan fingerprint density at radius 3 is 2.28 bits per heavy atom. The Kier molecular flexibility index (Phi) is 5.43. The number of carbonyl (C=O) groups excluding carboxylic acids is 1. The lowest BCUT2D eigenvalue weighted by atomic mass is 10.3. The van der Waals surface area contributed by atoms with Crippen molar-refractivity contribution in [2.24, 2.45) is 0 Å². The van der Waals surface area contributed by atoms with Gasteiger partial charge in [0.2, 0.25) is 0 Å². The summed E-state index contributed by atoms with van der Waals surface area (Å²) in [6, 6.07) is 12.7. The van der Waals surface area contributed by atoms with Crippen LogP contribution in [0.5, 0.6) is 17.2 Å². The fourth-order valence-corrected chi connectivity index (χ4v) is 2.57. The predicted molar refractivity (Wildman–Crippen MR) is 97.2 cm³/mol. The van der Waals surface area contributed by atoms with E-state index >= 15 is 0 Å². The minimum absolute atomic E-state index is 0.160. The molecule has 3 rings (SSSR count). The fourth-order valence-electron chi connectivity index (χ4n) is 1.96. The van der Waals surface area contributed by atoms with Crippen molar-refractivity contribution in [3.63, 3.8) is 0 Å². The molecular formula is C18H10Cl3NO3. The van der Waals surface area contributed by atoms with Crippen molar-refractivity contribution in [1.82, 2.24) is 4.98 Å². The average Bonchev–Trinajstić information content (AvgIpc) is 2.60. The normalized spacial score (nSPS) is 10.4. The molecule has 4 nitrogen and oxygen atoms in total. The van der Waals surface area contributed by atoms with Gasteiger partial charge in [-0.1, -0.05) is 34.8 Å². The summed E-state index contributed by atoms with van der Waals surface area (Å²) in [7, 11) is 0. The largest absolute Gasteiger partial charge is 0.452 e. The number of esters is 1. The molecule has 126 valence electrons. The maximum absolute atomic E-state index is 12.2. The molecule has 0 saturated heterocycles. The van der Waals surface area contributed by atoms with Gasteiger partial charge in [0, 0.05) is 28.5 Å². The van der Waals surface area contributed by atoms with Gasteiger partial charge in [-0.05, 0) is 42.5 Å². The van der Waals surface area contributed by atoms with E-state index in [4.69, 9.17) is 44.3 Å². The van der Waals surface area contributed by atoms with Gasteiger partial charge in [0.05, 0.1) is 10.6 Å². The van der Waals surface area contributed by atoms with E-state index in [-0.39, 0.29) is 11.5 Å². The first-order chi connectivity index (χ1) is 12.0. The summed E-state index contributed by atoms with van der Waals surface area (Å²) >= 11 is 18.0. The van der Waals surface area contributed by atoms with Crippen LogP contribution in [-0.4, -0.2) is 11.0 Å². The first kappa shape index (κ1) is 17.5. The highest BCUT2D eigenvalue weighted by Crippen LogP contribution is 2.37. The molecule has 0 N–H and O–H groups in total. The van der Waals surface area contributed by atoms with Gasteiger partial charge >= 0.3 is 5.97 Å². The lowest BCUT2D eigenvalue weighted by Gasteiger charge is -2.13. The molecule has 1 aromatic heterocycles. The fraction of sp³-hybridized carbons (Fsp3) is 0. The summed E-state index contributed by atoms with van der Waals surface area (Å²) in [5, 5.41) is 1.20. The van der Waals surface area contributed by atoms with Crippen molar-refractivity contribution >= 4 is 40.8 Å². The van der Waals surface area contributed by atoms with Gasteiger partial charge in [0.15, 0.2) is 11.5 Å². The molecule has 1 heterocycles. The number of benzene rings is 2. The van der Waals surface area contributed by atoms with Crippen LogP contribution in [0.15, 0.2) is 60.9 Å². The highest BCUT2D eigenvalue weighted by atomic mass is 35.5. The third-order valence-corrected chi connectivity index (χ3v) is 3.89. The second-order valence-corrected chi connectivity index (χ2v) is 6.18. The predicted octanol–water partition coefficient (Wildman–Crippen LogP) is 6.05. The molecule has 0 aliphatic heterocycles. The van der Waals surface area contributed by atoms with Crippen LogP contribution in [-0.2, 0) is 0 Å². The summed E-state index contributed by atoms with van der Waals surface area (Å²) in [5.74, 6) is 0.229. The second kappa shape index (κ2) is 7.74. The molecule has 0 spiro atoms. The SMILES string of the molecule is O=C(Oc1cc(Cl)ccc1Oc1ccc(Cl)cc1Cl)c1cccnc1. The smallest absolute Gasteiger partial charge is 0.345 e. The number of rotatable bonds is 4.